The number of thioether (sulfide) groups is 1. The van der Waals surface area contributed by atoms with E-state index in [-0.39, 0.29) is 5.78 Å². The standard InChI is InChI=1S/C13H12ClNOS/c1-15-8-2-3-12(15)13(16)9-17-11-6-4-10(14)5-7-11/h2-8H,9H2,1H3. The van der Waals surface area contributed by atoms with Gasteiger partial charge in [-0.3, -0.25) is 4.79 Å². The number of hydrogen-bond donors (Lipinski definition) is 0. The van der Waals surface area contributed by atoms with Gasteiger partial charge in [-0.2, -0.15) is 0 Å². The second-order valence-electron chi connectivity index (χ2n) is 3.67. The van der Waals surface area contributed by atoms with E-state index in [2.05, 4.69) is 0 Å². The van der Waals surface area contributed by atoms with Crippen LogP contribution in [0.4, 0.5) is 0 Å². The summed E-state index contributed by atoms with van der Waals surface area (Å²) in [6.07, 6.45) is 1.88. The first kappa shape index (κ1) is 12.3. The highest BCUT2D eigenvalue weighted by Crippen LogP contribution is 2.21. The highest BCUT2D eigenvalue weighted by atomic mass is 35.5. The molecule has 2 rings (SSSR count). The zero-order valence-electron chi connectivity index (χ0n) is 9.39. The zero-order valence-corrected chi connectivity index (χ0v) is 11.0. The number of carbonyl (C=O) groups is 1. The van der Waals surface area contributed by atoms with Crippen molar-refractivity contribution in [2.75, 3.05) is 5.75 Å². The molecule has 4 heteroatoms. The second-order valence-corrected chi connectivity index (χ2v) is 5.16. The first-order chi connectivity index (χ1) is 8.16. The lowest BCUT2D eigenvalue weighted by Crippen LogP contribution is -2.07. The molecule has 88 valence electrons. The Labute approximate surface area is 110 Å². The number of ketones is 1. The van der Waals surface area contributed by atoms with Crippen molar-refractivity contribution >= 4 is 29.1 Å². The number of aromatic nitrogens is 1. The van der Waals surface area contributed by atoms with Gasteiger partial charge in [-0.25, -0.2) is 0 Å². The Hall–Kier alpha value is -1.19. The van der Waals surface area contributed by atoms with Crippen LogP contribution in [0.25, 0.3) is 0 Å². The maximum atomic E-state index is 11.9. The van der Waals surface area contributed by atoms with Crippen molar-refractivity contribution in [1.82, 2.24) is 4.57 Å². The summed E-state index contributed by atoms with van der Waals surface area (Å²) in [6.45, 7) is 0. The lowest BCUT2D eigenvalue weighted by molar-refractivity contribution is 0.101. The van der Waals surface area contributed by atoms with E-state index in [4.69, 9.17) is 11.6 Å². The molecule has 0 aliphatic heterocycles. The number of benzene rings is 1. The molecule has 0 saturated carbocycles. The smallest absolute Gasteiger partial charge is 0.189 e. The number of rotatable bonds is 4. The molecule has 0 aliphatic carbocycles. The third-order valence-electron chi connectivity index (χ3n) is 2.41. The van der Waals surface area contributed by atoms with Crippen LogP contribution in [-0.2, 0) is 7.05 Å². The van der Waals surface area contributed by atoms with Crippen LogP contribution >= 0.6 is 23.4 Å². The van der Waals surface area contributed by atoms with E-state index >= 15 is 0 Å². The van der Waals surface area contributed by atoms with Gasteiger partial charge in [-0.1, -0.05) is 11.6 Å². The molecule has 0 atom stereocenters. The van der Waals surface area contributed by atoms with Crippen LogP contribution in [0.1, 0.15) is 10.5 Å². The molecule has 0 radical (unpaired) electrons. The fraction of sp³-hybridized carbons (Fsp3) is 0.154. The van der Waals surface area contributed by atoms with Crippen molar-refractivity contribution in [3.05, 3.63) is 53.3 Å². The summed E-state index contributed by atoms with van der Waals surface area (Å²) in [5.74, 6) is 0.580. The van der Waals surface area contributed by atoms with E-state index in [9.17, 15) is 4.79 Å². The zero-order chi connectivity index (χ0) is 12.3. The molecule has 1 heterocycles. The largest absolute Gasteiger partial charge is 0.348 e. The first-order valence-corrected chi connectivity index (χ1v) is 6.56. The highest BCUT2D eigenvalue weighted by Gasteiger charge is 2.09. The number of carbonyl (C=O) groups excluding carboxylic acids is 1. The molecule has 2 nitrogen and oxygen atoms in total. The molecular weight excluding hydrogens is 254 g/mol. The van der Waals surface area contributed by atoms with E-state index in [1.54, 1.807) is 0 Å². The summed E-state index contributed by atoms with van der Waals surface area (Å²) in [7, 11) is 1.88. The van der Waals surface area contributed by atoms with Gasteiger partial charge in [0.2, 0.25) is 0 Å². The van der Waals surface area contributed by atoms with E-state index in [0.717, 1.165) is 10.6 Å². The molecule has 2 aromatic rings. The molecule has 0 saturated heterocycles. The highest BCUT2D eigenvalue weighted by molar-refractivity contribution is 8.00. The van der Waals surface area contributed by atoms with Gasteiger partial charge in [0.1, 0.15) is 0 Å². The number of aryl methyl sites for hydroxylation is 1. The predicted molar refractivity (Wildman–Crippen MR) is 71.9 cm³/mol. The molecule has 0 bridgehead atoms. The topological polar surface area (TPSA) is 22.0 Å². The third-order valence-corrected chi connectivity index (χ3v) is 3.68. The fourth-order valence-electron chi connectivity index (χ4n) is 1.50. The fourth-order valence-corrected chi connectivity index (χ4v) is 2.40. The number of nitrogens with zero attached hydrogens (tertiary/aromatic N) is 1. The van der Waals surface area contributed by atoms with Crippen LogP contribution in [0.15, 0.2) is 47.5 Å². The number of halogens is 1. The molecule has 0 fully saturated rings. The van der Waals surface area contributed by atoms with E-state index < -0.39 is 0 Å². The maximum absolute atomic E-state index is 11.9. The van der Waals surface area contributed by atoms with E-state index in [1.165, 1.54) is 11.8 Å². The lowest BCUT2D eigenvalue weighted by Gasteiger charge is -2.03. The van der Waals surface area contributed by atoms with Crippen molar-refractivity contribution in [3.63, 3.8) is 0 Å². The quantitative estimate of drug-likeness (QED) is 0.622. The molecule has 0 aliphatic rings. The summed E-state index contributed by atoms with van der Waals surface area (Å²) in [4.78, 5) is 13.0. The summed E-state index contributed by atoms with van der Waals surface area (Å²) in [5, 5.41) is 0.711. The van der Waals surface area contributed by atoms with Gasteiger partial charge in [0.05, 0.1) is 11.4 Å². The van der Waals surface area contributed by atoms with Gasteiger partial charge >= 0.3 is 0 Å². The normalized spacial score (nSPS) is 10.5. The van der Waals surface area contributed by atoms with Crippen molar-refractivity contribution in [1.29, 1.82) is 0 Å². The van der Waals surface area contributed by atoms with Crippen LogP contribution in [0.5, 0.6) is 0 Å². The molecule has 1 aromatic heterocycles. The van der Waals surface area contributed by atoms with Crippen LogP contribution in [0.3, 0.4) is 0 Å². The van der Waals surface area contributed by atoms with Crippen molar-refractivity contribution in [2.24, 2.45) is 7.05 Å². The SMILES string of the molecule is Cn1cccc1C(=O)CSc1ccc(Cl)cc1. The van der Waals surface area contributed by atoms with Gasteiger partial charge in [-0.15, -0.1) is 11.8 Å². The Morgan fingerprint density at radius 3 is 2.59 bits per heavy atom. The molecule has 1 aromatic carbocycles. The molecule has 0 unspecified atom stereocenters. The summed E-state index contributed by atoms with van der Waals surface area (Å²) >= 11 is 7.32. The Morgan fingerprint density at radius 1 is 1.29 bits per heavy atom. The van der Waals surface area contributed by atoms with Gasteiger partial charge in [0.15, 0.2) is 5.78 Å². The van der Waals surface area contributed by atoms with Gasteiger partial charge < -0.3 is 4.57 Å². The predicted octanol–water partition coefficient (Wildman–Crippen LogP) is 3.65. The Bertz CT molecular complexity index is 518. The average Bonchev–Trinajstić information content (AvgIpc) is 2.74. The Balaban J connectivity index is 1.97. The first-order valence-electron chi connectivity index (χ1n) is 5.20. The second kappa shape index (κ2) is 5.43. The van der Waals surface area contributed by atoms with E-state index in [0.29, 0.717) is 10.8 Å². The molecule has 0 N–H and O–H groups in total. The summed E-state index contributed by atoms with van der Waals surface area (Å²) < 4.78 is 1.84. The summed E-state index contributed by atoms with van der Waals surface area (Å²) in [6, 6.07) is 11.2. The van der Waals surface area contributed by atoms with Crippen molar-refractivity contribution < 1.29 is 4.79 Å². The lowest BCUT2D eigenvalue weighted by atomic mass is 10.3. The maximum Gasteiger partial charge on any atom is 0.189 e. The number of Topliss-reactive ketones (excluding diaryl/α,β-unsaturated/α-hetero) is 1. The van der Waals surface area contributed by atoms with Crippen LogP contribution in [0.2, 0.25) is 5.02 Å². The minimum atomic E-state index is 0.137. The van der Waals surface area contributed by atoms with Crippen LogP contribution < -0.4 is 0 Å². The monoisotopic (exact) mass is 265 g/mol. The minimum Gasteiger partial charge on any atom is -0.348 e. The van der Waals surface area contributed by atoms with Crippen LogP contribution in [-0.4, -0.2) is 16.1 Å². The Morgan fingerprint density at radius 2 is 2.00 bits per heavy atom. The van der Waals surface area contributed by atoms with Crippen LogP contribution in [0, 0.1) is 0 Å². The van der Waals surface area contributed by atoms with Crippen molar-refractivity contribution in [3.8, 4) is 0 Å². The Kier molecular flexibility index (Phi) is 3.92. The van der Waals surface area contributed by atoms with Crippen molar-refractivity contribution in [2.45, 2.75) is 4.90 Å². The third kappa shape index (κ3) is 3.14. The average molecular weight is 266 g/mol. The minimum absolute atomic E-state index is 0.137. The van der Waals surface area contributed by atoms with Gasteiger partial charge in [-0.05, 0) is 36.4 Å². The molecule has 0 amide bonds. The molecular formula is C13H12ClNOS. The number of hydrogen-bond acceptors (Lipinski definition) is 2. The molecule has 0 spiro atoms. The van der Waals surface area contributed by atoms with Gasteiger partial charge in [0.25, 0.3) is 0 Å². The van der Waals surface area contributed by atoms with E-state index in [1.807, 2.05) is 54.2 Å². The molecule has 17 heavy (non-hydrogen) atoms. The van der Waals surface area contributed by atoms with Gasteiger partial charge in [0, 0.05) is 23.2 Å². The summed E-state index contributed by atoms with van der Waals surface area (Å²) in [5.41, 5.74) is 0.742.